The molecule has 5 heteroatoms. The van der Waals surface area contributed by atoms with Crippen LogP contribution in [0.1, 0.15) is 18.9 Å². The molecule has 0 aliphatic carbocycles. The Morgan fingerprint density at radius 2 is 1.84 bits per heavy atom. The van der Waals surface area contributed by atoms with E-state index in [0.717, 1.165) is 47.4 Å². The summed E-state index contributed by atoms with van der Waals surface area (Å²) in [7, 11) is 4.14. The summed E-state index contributed by atoms with van der Waals surface area (Å²) in [5, 5.41) is 3.32. The molecule has 1 aromatic carbocycles. The van der Waals surface area contributed by atoms with E-state index < -0.39 is 0 Å². The van der Waals surface area contributed by atoms with Gasteiger partial charge in [-0.05, 0) is 76.6 Å². The minimum absolute atomic E-state index is 0.724. The van der Waals surface area contributed by atoms with Crippen LogP contribution in [0.5, 0.6) is 5.75 Å². The minimum atomic E-state index is 0.724. The van der Waals surface area contributed by atoms with Gasteiger partial charge in [0, 0.05) is 13.1 Å². The molecule has 0 aliphatic rings. The molecule has 3 nitrogen and oxygen atoms in total. The van der Waals surface area contributed by atoms with E-state index in [1.165, 1.54) is 5.56 Å². The maximum atomic E-state index is 5.84. The monoisotopic (exact) mass is 392 g/mol. The Kier molecular flexibility index (Phi) is 7.99. The molecule has 0 saturated carbocycles. The van der Waals surface area contributed by atoms with E-state index in [0.29, 0.717) is 0 Å². The van der Waals surface area contributed by atoms with Crippen molar-refractivity contribution < 1.29 is 4.74 Å². The lowest BCUT2D eigenvalue weighted by Crippen LogP contribution is -2.15. The highest BCUT2D eigenvalue weighted by atomic mass is 79.9. The van der Waals surface area contributed by atoms with Gasteiger partial charge >= 0.3 is 0 Å². The number of nitrogens with one attached hydrogen (secondary N) is 1. The molecule has 0 saturated heterocycles. The predicted molar refractivity (Wildman–Crippen MR) is 87.9 cm³/mol. The van der Waals surface area contributed by atoms with Gasteiger partial charge in [-0.25, -0.2) is 0 Å². The van der Waals surface area contributed by atoms with Crippen LogP contribution in [0.3, 0.4) is 0 Å². The normalized spacial score (nSPS) is 11.1. The first-order chi connectivity index (χ1) is 9.04. The average Bonchev–Trinajstić information content (AvgIpc) is 2.34. The molecule has 0 aliphatic heterocycles. The fourth-order valence-corrected chi connectivity index (χ4v) is 3.19. The van der Waals surface area contributed by atoms with Crippen LogP contribution in [0.2, 0.25) is 0 Å². The SMILES string of the molecule is CCNCc1cc(Br)c(OCCCN(C)C)c(Br)c1. The van der Waals surface area contributed by atoms with Crippen LogP contribution in [0.25, 0.3) is 0 Å². The summed E-state index contributed by atoms with van der Waals surface area (Å²) >= 11 is 7.16. The van der Waals surface area contributed by atoms with Crippen molar-refractivity contribution in [2.75, 3.05) is 33.8 Å². The second-order valence-electron chi connectivity index (χ2n) is 4.67. The fourth-order valence-electron chi connectivity index (χ4n) is 1.68. The van der Waals surface area contributed by atoms with Crippen molar-refractivity contribution in [3.05, 3.63) is 26.6 Å². The number of rotatable bonds is 8. The van der Waals surface area contributed by atoms with E-state index in [9.17, 15) is 0 Å². The van der Waals surface area contributed by atoms with Crippen molar-refractivity contribution in [1.82, 2.24) is 10.2 Å². The molecule has 0 spiro atoms. The molecule has 0 aromatic heterocycles. The maximum absolute atomic E-state index is 5.84. The van der Waals surface area contributed by atoms with E-state index in [2.05, 4.69) is 75.2 Å². The zero-order valence-corrected chi connectivity index (χ0v) is 15.0. The molecule has 1 rings (SSSR count). The van der Waals surface area contributed by atoms with Crippen LogP contribution >= 0.6 is 31.9 Å². The quantitative estimate of drug-likeness (QED) is 0.682. The average molecular weight is 394 g/mol. The zero-order chi connectivity index (χ0) is 14.3. The molecule has 0 unspecified atom stereocenters. The third-order valence-electron chi connectivity index (χ3n) is 2.63. The highest BCUT2D eigenvalue weighted by Gasteiger charge is 2.09. The third kappa shape index (κ3) is 6.25. The molecular formula is C14H22Br2N2O. The Labute approximate surface area is 133 Å². The molecule has 19 heavy (non-hydrogen) atoms. The fraction of sp³-hybridized carbons (Fsp3) is 0.571. The van der Waals surface area contributed by atoms with Crippen molar-refractivity contribution in [1.29, 1.82) is 0 Å². The maximum Gasteiger partial charge on any atom is 0.147 e. The van der Waals surface area contributed by atoms with Crippen molar-refractivity contribution in [2.45, 2.75) is 19.9 Å². The van der Waals surface area contributed by atoms with Crippen molar-refractivity contribution in [3.63, 3.8) is 0 Å². The smallest absolute Gasteiger partial charge is 0.147 e. The van der Waals surface area contributed by atoms with Crippen LogP contribution in [-0.2, 0) is 6.54 Å². The van der Waals surface area contributed by atoms with Gasteiger partial charge in [0.15, 0.2) is 0 Å². The molecule has 0 radical (unpaired) electrons. The highest BCUT2D eigenvalue weighted by Crippen LogP contribution is 2.34. The van der Waals surface area contributed by atoms with E-state index in [-0.39, 0.29) is 0 Å². The van der Waals surface area contributed by atoms with Crippen LogP contribution < -0.4 is 10.1 Å². The molecule has 108 valence electrons. The first kappa shape index (κ1) is 17.0. The van der Waals surface area contributed by atoms with Crippen molar-refractivity contribution in [2.24, 2.45) is 0 Å². The van der Waals surface area contributed by atoms with Gasteiger partial charge in [0.2, 0.25) is 0 Å². The van der Waals surface area contributed by atoms with Gasteiger partial charge in [-0.2, -0.15) is 0 Å². The molecule has 1 aromatic rings. The van der Waals surface area contributed by atoms with E-state index in [4.69, 9.17) is 4.74 Å². The van der Waals surface area contributed by atoms with Gasteiger partial charge in [-0.1, -0.05) is 6.92 Å². The summed E-state index contributed by atoms with van der Waals surface area (Å²) < 4.78 is 7.84. The van der Waals surface area contributed by atoms with Crippen molar-refractivity contribution >= 4 is 31.9 Å². The number of benzene rings is 1. The lowest BCUT2D eigenvalue weighted by molar-refractivity contribution is 0.279. The van der Waals surface area contributed by atoms with Crippen LogP contribution in [0.4, 0.5) is 0 Å². The number of ether oxygens (including phenoxy) is 1. The van der Waals surface area contributed by atoms with E-state index in [1.807, 2.05) is 0 Å². The Morgan fingerprint density at radius 3 is 2.37 bits per heavy atom. The second-order valence-corrected chi connectivity index (χ2v) is 6.38. The summed E-state index contributed by atoms with van der Waals surface area (Å²) in [5.41, 5.74) is 1.24. The predicted octanol–water partition coefficient (Wildman–Crippen LogP) is 3.65. The Hall–Kier alpha value is -0.100. The van der Waals surface area contributed by atoms with Gasteiger partial charge < -0.3 is 15.0 Å². The Morgan fingerprint density at radius 1 is 1.21 bits per heavy atom. The summed E-state index contributed by atoms with van der Waals surface area (Å²) in [6, 6.07) is 4.21. The molecule has 0 bridgehead atoms. The molecule has 0 atom stereocenters. The van der Waals surface area contributed by atoms with Gasteiger partial charge in [0.05, 0.1) is 15.6 Å². The molecule has 0 fully saturated rings. The largest absolute Gasteiger partial charge is 0.491 e. The lowest BCUT2D eigenvalue weighted by atomic mass is 10.2. The number of hydrogen-bond donors (Lipinski definition) is 1. The van der Waals surface area contributed by atoms with Gasteiger partial charge in [-0.3, -0.25) is 0 Å². The first-order valence-corrected chi connectivity index (χ1v) is 8.09. The summed E-state index contributed by atoms with van der Waals surface area (Å²) in [6.45, 7) is 5.70. The van der Waals surface area contributed by atoms with E-state index >= 15 is 0 Å². The first-order valence-electron chi connectivity index (χ1n) is 6.50. The van der Waals surface area contributed by atoms with Gasteiger partial charge in [0.25, 0.3) is 0 Å². The minimum Gasteiger partial charge on any atom is -0.491 e. The second kappa shape index (κ2) is 8.95. The number of nitrogens with zero attached hydrogens (tertiary/aromatic N) is 1. The molecule has 0 amide bonds. The Balaban J connectivity index is 2.58. The van der Waals surface area contributed by atoms with Gasteiger partial charge in [-0.15, -0.1) is 0 Å². The highest BCUT2D eigenvalue weighted by molar-refractivity contribution is 9.11. The number of halogens is 2. The van der Waals surface area contributed by atoms with Gasteiger partial charge in [0.1, 0.15) is 5.75 Å². The molecular weight excluding hydrogens is 372 g/mol. The van der Waals surface area contributed by atoms with Crippen LogP contribution in [0.15, 0.2) is 21.1 Å². The molecule has 0 heterocycles. The summed E-state index contributed by atoms with van der Waals surface area (Å²) in [4.78, 5) is 2.16. The van der Waals surface area contributed by atoms with Crippen LogP contribution in [0, 0.1) is 0 Å². The van der Waals surface area contributed by atoms with Crippen LogP contribution in [-0.4, -0.2) is 38.7 Å². The number of hydrogen-bond acceptors (Lipinski definition) is 3. The standard InChI is InChI=1S/C14H22Br2N2O/c1-4-17-10-11-8-12(15)14(13(16)9-11)19-7-5-6-18(2)3/h8-9,17H,4-7,10H2,1-3H3. The van der Waals surface area contributed by atoms with E-state index in [1.54, 1.807) is 0 Å². The summed E-state index contributed by atoms with van der Waals surface area (Å²) in [6.07, 6.45) is 1.02. The lowest BCUT2D eigenvalue weighted by Gasteiger charge is -2.14. The summed E-state index contributed by atoms with van der Waals surface area (Å²) in [5.74, 6) is 0.888. The Bertz CT molecular complexity index is 374. The van der Waals surface area contributed by atoms with Crippen molar-refractivity contribution in [3.8, 4) is 5.75 Å². The third-order valence-corrected chi connectivity index (χ3v) is 3.81. The zero-order valence-electron chi connectivity index (χ0n) is 11.8. The topological polar surface area (TPSA) is 24.5 Å². The molecule has 1 N–H and O–H groups in total.